The summed E-state index contributed by atoms with van der Waals surface area (Å²) in [5.74, 6) is 0.791. The molecule has 0 aliphatic rings. The second-order valence-electron chi connectivity index (χ2n) is 5.66. The van der Waals surface area contributed by atoms with Crippen molar-refractivity contribution in [2.45, 2.75) is 13.2 Å². The summed E-state index contributed by atoms with van der Waals surface area (Å²) < 4.78 is 16.2. The zero-order valence-corrected chi connectivity index (χ0v) is 15.3. The molecule has 0 aliphatic carbocycles. The standard InChI is InChI=1S/C21H18ClNO4/c22-17-4-3-6-20(12-17)26-15-21(24)27-13-16-7-9-19(10-8-16)25-14-18-5-1-2-11-23-18/h1-12H,13-15H2. The van der Waals surface area contributed by atoms with Crippen LogP contribution in [-0.2, 0) is 22.7 Å². The number of nitrogens with zero attached hydrogens (tertiary/aromatic N) is 1. The van der Waals surface area contributed by atoms with Crippen molar-refractivity contribution < 1.29 is 19.0 Å². The molecule has 6 heteroatoms. The van der Waals surface area contributed by atoms with E-state index in [0.29, 0.717) is 17.4 Å². The summed E-state index contributed by atoms with van der Waals surface area (Å²) in [5.41, 5.74) is 1.71. The molecule has 5 nitrogen and oxygen atoms in total. The van der Waals surface area contributed by atoms with Gasteiger partial charge < -0.3 is 14.2 Å². The van der Waals surface area contributed by atoms with E-state index in [4.69, 9.17) is 25.8 Å². The molecule has 0 bridgehead atoms. The molecule has 0 saturated heterocycles. The first-order valence-electron chi connectivity index (χ1n) is 8.35. The van der Waals surface area contributed by atoms with Crippen molar-refractivity contribution in [2.75, 3.05) is 6.61 Å². The Kier molecular flexibility index (Phi) is 6.66. The van der Waals surface area contributed by atoms with E-state index in [1.54, 1.807) is 30.5 Å². The van der Waals surface area contributed by atoms with Gasteiger partial charge in [0.15, 0.2) is 6.61 Å². The van der Waals surface area contributed by atoms with Crippen molar-refractivity contribution >= 4 is 17.6 Å². The molecular weight excluding hydrogens is 366 g/mol. The van der Waals surface area contributed by atoms with Gasteiger partial charge in [0.2, 0.25) is 0 Å². The highest BCUT2D eigenvalue weighted by Crippen LogP contribution is 2.17. The fraction of sp³-hybridized carbons (Fsp3) is 0.143. The minimum absolute atomic E-state index is 0.165. The largest absolute Gasteiger partial charge is 0.487 e. The Morgan fingerprint density at radius 3 is 2.48 bits per heavy atom. The second kappa shape index (κ2) is 9.59. The molecule has 138 valence electrons. The molecule has 0 radical (unpaired) electrons. The van der Waals surface area contributed by atoms with Crippen molar-refractivity contribution in [1.82, 2.24) is 4.98 Å². The summed E-state index contributed by atoms with van der Waals surface area (Å²) in [4.78, 5) is 16.0. The first kappa shape index (κ1) is 18.7. The zero-order valence-electron chi connectivity index (χ0n) is 14.5. The van der Waals surface area contributed by atoms with E-state index in [9.17, 15) is 4.79 Å². The zero-order chi connectivity index (χ0) is 18.9. The minimum atomic E-state index is -0.453. The first-order chi connectivity index (χ1) is 13.2. The van der Waals surface area contributed by atoms with Crippen LogP contribution in [0.25, 0.3) is 0 Å². The SMILES string of the molecule is O=C(COc1cccc(Cl)c1)OCc1ccc(OCc2ccccn2)cc1. The van der Waals surface area contributed by atoms with Crippen LogP contribution in [-0.4, -0.2) is 17.6 Å². The molecule has 2 aromatic carbocycles. The third kappa shape index (κ3) is 6.31. The highest BCUT2D eigenvalue weighted by molar-refractivity contribution is 6.30. The van der Waals surface area contributed by atoms with E-state index in [0.717, 1.165) is 17.0 Å². The van der Waals surface area contributed by atoms with Crippen LogP contribution in [0.4, 0.5) is 0 Å². The number of rotatable bonds is 8. The van der Waals surface area contributed by atoms with Gasteiger partial charge in [-0.3, -0.25) is 4.98 Å². The van der Waals surface area contributed by atoms with Gasteiger partial charge in [0.1, 0.15) is 24.7 Å². The summed E-state index contributed by atoms with van der Waals surface area (Å²) >= 11 is 5.86. The second-order valence-corrected chi connectivity index (χ2v) is 6.10. The first-order valence-corrected chi connectivity index (χ1v) is 8.72. The molecule has 0 fully saturated rings. The Hall–Kier alpha value is -3.05. The molecule has 0 aliphatic heterocycles. The Morgan fingerprint density at radius 1 is 0.889 bits per heavy atom. The third-order valence-corrected chi connectivity index (χ3v) is 3.82. The van der Waals surface area contributed by atoms with Gasteiger partial charge >= 0.3 is 5.97 Å². The lowest BCUT2D eigenvalue weighted by Crippen LogP contribution is -2.14. The smallest absolute Gasteiger partial charge is 0.344 e. The maximum atomic E-state index is 11.8. The molecule has 0 amide bonds. The Morgan fingerprint density at radius 2 is 1.74 bits per heavy atom. The molecule has 27 heavy (non-hydrogen) atoms. The molecule has 3 aromatic rings. The number of carbonyl (C=O) groups is 1. The number of pyridine rings is 1. The van der Waals surface area contributed by atoms with Crippen molar-refractivity contribution in [3.63, 3.8) is 0 Å². The van der Waals surface area contributed by atoms with Gasteiger partial charge in [-0.2, -0.15) is 0 Å². The lowest BCUT2D eigenvalue weighted by molar-refractivity contribution is -0.147. The van der Waals surface area contributed by atoms with Crippen LogP contribution in [0.15, 0.2) is 72.9 Å². The van der Waals surface area contributed by atoms with Crippen molar-refractivity contribution in [2.24, 2.45) is 0 Å². The molecule has 3 rings (SSSR count). The minimum Gasteiger partial charge on any atom is -0.487 e. The lowest BCUT2D eigenvalue weighted by Gasteiger charge is -2.09. The normalized spacial score (nSPS) is 10.3. The van der Waals surface area contributed by atoms with Gasteiger partial charge in [0.25, 0.3) is 0 Å². The molecule has 0 atom stereocenters. The summed E-state index contributed by atoms with van der Waals surface area (Å²) in [6, 6.07) is 19.9. The summed E-state index contributed by atoms with van der Waals surface area (Å²) in [6.45, 7) is 0.389. The molecule has 1 heterocycles. The van der Waals surface area contributed by atoms with E-state index in [1.165, 1.54) is 0 Å². The monoisotopic (exact) mass is 383 g/mol. The number of hydrogen-bond donors (Lipinski definition) is 0. The van der Waals surface area contributed by atoms with Crippen LogP contribution in [0.1, 0.15) is 11.3 Å². The van der Waals surface area contributed by atoms with Gasteiger partial charge in [-0.15, -0.1) is 0 Å². The lowest BCUT2D eigenvalue weighted by atomic mass is 10.2. The van der Waals surface area contributed by atoms with Crippen molar-refractivity contribution in [1.29, 1.82) is 0 Å². The molecule has 0 saturated carbocycles. The molecule has 0 spiro atoms. The molecule has 0 N–H and O–H groups in total. The van der Waals surface area contributed by atoms with Crippen LogP contribution >= 0.6 is 11.6 Å². The average Bonchev–Trinajstić information content (AvgIpc) is 2.71. The molecular formula is C21H18ClNO4. The van der Waals surface area contributed by atoms with Gasteiger partial charge in [-0.25, -0.2) is 4.79 Å². The maximum Gasteiger partial charge on any atom is 0.344 e. The van der Waals surface area contributed by atoms with E-state index < -0.39 is 5.97 Å². The number of aromatic nitrogens is 1. The average molecular weight is 384 g/mol. The highest BCUT2D eigenvalue weighted by Gasteiger charge is 2.06. The third-order valence-electron chi connectivity index (χ3n) is 3.59. The van der Waals surface area contributed by atoms with Crippen LogP contribution in [0.5, 0.6) is 11.5 Å². The fourth-order valence-electron chi connectivity index (χ4n) is 2.23. The van der Waals surface area contributed by atoms with Crippen molar-refractivity contribution in [3.8, 4) is 11.5 Å². The van der Waals surface area contributed by atoms with E-state index in [-0.39, 0.29) is 13.2 Å². The number of ether oxygens (including phenoxy) is 3. The quantitative estimate of drug-likeness (QED) is 0.538. The van der Waals surface area contributed by atoms with Gasteiger partial charge in [-0.05, 0) is 48.0 Å². The van der Waals surface area contributed by atoms with Crippen LogP contribution < -0.4 is 9.47 Å². The summed E-state index contributed by atoms with van der Waals surface area (Å²) in [5, 5.41) is 0.547. The van der Waals surface area contributed by atoms with E-state index in [1.807, 2.05) is 42.5 Å². The number of carbonyl (C=O) groups excluding carboxylic acids is 1. The van der Waals surface area contributed by atoms with Gasteiger partial charge in [0.05, 0.1) is 5.69 Å². The van der Waals surface area contributed by atoms with E-state index >= 15 is 0 Å². The fourth-order valence-corrected chi connectivity index (χ4v) is 2.41. The van der Waals surface area contributed by atoms with Crippen molar-refractivity contribution in [3.05, 3.63) is 89.2 Å². The van der Waals surface area contributed by atoms with Crippen LogP contribution in [0.3, 0.4) is 0 Å². The number of esters is 1. The predicted octanol–water partition coefficient (Wildman–Crippen LogP) is 4.44. The maximum absolute atomic E-state index is 11.8. The Bertz CT molecular complexity index is 869. The van der Waals surface area contributed by atoms with Gasteiger partial charge in [0, 0.05) is 11.2 Å². The van der Waals surface area contributed by atoms with Gasteiger partial charge in [-0.1, -0.05) is 35.9 Å². The van der Waals surface area contributed by atoms with Crippen LogP contribution in [0, 0.1) is 0 Å². The highest BCUT2D eigenvalue weighted by atomic mass is 35.5. The summed E-state index contributed by atoms with van der Waals surface area (Å²) in [7, 11) is 0. The molecule has 0 unspecified atom stereocenters. The van der Waals surface area contributed by atoms with E-state index in [2.05, 4.69) is 4.98 Å². The topological polar surface area (TPSA) is 57.7 Å². The number of hydrogen-bond acceptors (Lipinski definition) is 5. The van der Waals surface area contributed by atoms with Crippen LogP contribution in [0.2, 0.25) is 5.02 Å². The Labute approximate surface area is 162 Å². The molecule has 1 aromatic heterocycles. The Balaban J connectivity index is 1.41. The predicted molar refractivity (Wildman–Crippen MR) is 102 cm³/mol. The number of halogens is 1. The number of benzene rings is 2. The summed E-state index contributed by atoms with van der Waals surface area (Å²) in [6.07, 6.45) is 1.73.